The van der Waals surface area contributed by atoms with Gasteiger partial charge in [0.2, 0.25) is 0 Å². The second kappa shape index (κ2) is 8.95. The molecule has 0 aromatic heterocycles. The molecule has 25 heavy (non-hydrogen) atoms. The van der Waals surface area contributed by atoms with Crippen LogP contribution in [0.5, 0.6) is 0 Å². The van der Waals surface area contributed by atoms with Gasteiger partial charge in [-0.1, -0.05) is 6.92 Å². The van der Waals surface area contributed by atoms with Gasteiger partial charge in [0.05, 0.1) is 18.4 Å². The first kappa shape index (κ1) is 23.1. The predicted molar refractivity (Wildman–Crippen MR) is 72.6 cm³/mol. The first-order chi connectivity index (χ1) is 11.2. The van der Waals surface area contributed by atoms with Crippen molar-refractivity contribution in [2.75, 3.05) is 19.8 Å². The molecular formula is C14H19F5O6. The Bertz CT molecular complexity index is 487. The number of hydrogen-bond donors (Lipinski definition) is 0. The lowest BCUT2D eigenvalue weighted by Crippen LogP contribution is -2.37. The molecule has 0 saturated carbocycles. The van der Waals surface area contributed by atoms with E-state index in [1.807, 2.05) is 0 Å². The zero-order chi connectivity index (χ0) is 19.9. The minimum atomic E-state index is -5.75. The normalized spacial score (nSPS) is 12.5. The predicted octanol–water partition coefficient (Wildman–Crippen LogP) is 2.64. The minimum Gasteiger partial charge on any atom is -0.463 e. The van der Waals surface area contributed by atoms with Crippen LogP contribution in [0, 0.1) is 5.41 Å². The smallest absolute Gasteiger partial charge is 0.453 e. The average Bonchev–Trinajstić information content (AvgIpc) is 2.49. The zero-order valence-corrected chi connectivity index (χ0v) is 13.9. The number of carbonyl (C=O) groups is 3. The van der Waals surface area contributed by atoms with Crippen LogP contribution in [0.3, 0.4) is 0 Å². The molecule has 0 aromatic carbocycles. The van der Waals surface area contributed by atoms with Crippen LogP contribution in [-0.4, -0.2) is 49.8 Å². The third-order valence-corrected chi connectivity index (χ3v) is 3.20. The highest BCUT2D eigenvalue weighted by molar-refractivity contribution is 5.81. The molecule has 0 spiro atoms. The fraction of sp³-hybridized carbons (Fsp3) is 0.786. The fourth-order valence-corrected chi connectivity index (χ4v) is 1.12. The lowest BCUT2D eigenvalue weighted by atomic mass is 9.91. The molecule has 0 aliphatic carbocycles. The molecule has 146 valence electrons. The van der Waals surface area contributed by atoms with Crippen LogP contribution in [0.1, 0.15) is 33.6 Å². The summed E-state index contributed by atoms with van der Waals surface area (Å²) < 4.78 is 73.8. The van der Waals surface area contributed by atoms with Gasteiger partial charge in [-0.05, 0) is 20.3 Å². The van der Waals surface area contributed by atoms with Gasteiger partial charge < -0.3 is 14.2 Å². The van der Waals surface area contributed by atoms with E-state index in [1.54, 1.807) is 20.8 Å². The van der Waals surface area contributed by atoms with Gasteiger partial charge in [-0.15, -0.1) is 0 Å². The zero-order valence-electron chi connectivity index (χ0n) is 13.9. The van der Waals surface area contributed by atoms with Gasteiger partial charge in [-0.3, -0.25) is 4.79 Å². The quantitative estimate of drug-likeness (QED) is 0.349. The third-order valence-electron chi connectivity index (χ3n) is 3.20. The second-order valence-electron chi connectivity index (χ2n) is 5.65. The fourth-order valence-electron chi connectivity index (χ4n) is 1.12. The molecule has 0 unspecified atom stereocenters. The Kier molecular flexibility index (Phi) is 8.26. The van der Waals surface area contributed by atoms with E-state index in [9.17, 15) is 36.3 Å². The Morgan fingerprint density at radius 2 is 1.32 bits per heavy atom. The largest absolute Gasteiger partial charge is 0.463 e. The molecule has 0 bridgehead atoms. The lowest BCUT2D eigenvalue weighted by Gasteiger charge is -2.20. The summed E-state index contributed by atoms with van der Waals surface area (Å²) in [7, 11) is 0. The molecule has 6 nitrogen and oxygen atoms in total. The first-order valence-electron chi connectivity index (χ1n) is 7.16. The summed E-state index contributed by atoms with van der Waals surface area (Å²) in [5.74, 6) is -8.07. The van der Waals surface area contributed by atoms with Gasteiger partial charge in [0, 0.05) is 0 Å². The van der Waals surface area contributed by atoms with Crippen LogP contribution in [0.15, 0.2) is 0 Å². The Labute approximate surface area is 140 Å². The van der Waals surface area contributed by atoms with Crippen LogP contribution in [0.25, 0.3) is 0 Å². The maximum atomic E-state index is 12.5. The van der Waals surface area contributed by atoms with Crippen LogP contribution >= 0.6 is 0 Å². The minimum absolute atomic E-state index is 0.454. The summed E-state index contributed by atoms with van der Waals surface area (Å²) >= 11 is 0. The maximum absolute atomic E-state index is 12.5. The second-order valence-corrected chi connectivity index (χ2v) is 5.65. The van der Waals surface area contributed by atoms with Gasteiger partial charge in [0.15, 0.2) is 13.2 Å². The lowest BCUT2D eigenvalue weighted by molar-refractivity contribution is -0.286. The van der Waals surface area contributed by atoms with Gasteiger partial charge in [0.25, 0.3) is 0 Å². The number of hydrogen-bond acceptors (Lipinski definition) is 6. The van der Waals surface area contributed by atoms with Crippen molar-refractivity contribution in [2.45, 2.75) is 45.7 Å². The van der Waals surface area contributed by atoms with Crippen molar-refractivity contribution in [2.24, 2.45) is 5.41 Å². The summed E-state index contributed by atoms with van der Waals surface area (Å²) in [5.41, 5.74) is -0.817. The topological polar surface area (TPSA) is 78.9 Å². The monoisotopic (exact) mass is 378 g/mol. The van der Waals surface area contributed by atoms with Gasteiger partial charge in [0.1, 0.15) is 0 Å². The molecule has 0 radical (unpaired) electrons. The number of halogens is 5. The Balaban J connectivity index is 4.07. The molecule has 0 aliphatic rings. The van der Waals surface area contributed by atoms with Gasteiger partial charge in [-0.2, -0.15) is 22.0 Å². The van der Waals surface area contributed by atoms with E-state index in [0.29, 0.717) is 6.42 Å². The van der Waals surface area contributed by atoms with Crippen molar-refractivity contribution < 1.29 is 50.5 Å². The van der Waals surface area contributed by atoms with Crippen LogP contribution in [0.2, 0.25) is 0 Å². The summed E-state index contributed by atoms with van der Waals surface area (Å²) in [6, 6.07) is 0. The number of rotatable bonds is 9. The molecule has 0 fully saturated rings. The molecule has 11 heteroatoms. The van der Waals surface area contributed by atoms with Gasteiger partial charge >= 0.3 is 30.0 Å². The Morgan fingerprint density at radius 3 is 1.80 bits per heavy atom. The van der Waals surface area contributed by atoms with Crippen molar-refractivity contribution in [1.82, 2.24) is 0 Å². The SMILES string of the molecule is CCC(C)(C)C(=O)OCC(=O)OCC(=O)OCCC(F)(F)C(F)(F)F. The van der Waals surface area contributed by atoms with E-state index in [4.69, 9.17) is 0 Å². The third kappa shape index (κ3) is 8.12. The highest BCUT2D eigenvalue weighted by Crippen LogP contribution is 2.37. The van der Waals surface area contributed by atoms with Crippen molar-refractivity contribution in [1.29, 1.82) is 0 Å². The standard InChI is InChI=1S/C14H19F5O6/c1-4-12(2,3)11(22)25-8-10(21)24-7-9(20)23-6-5-13(15,16)14(17,18)19/h4-8H2,1-3H3. The highest BCUT2D eigenvalue weighted by Gasteiger charge is 2.56. The van der Waals surface area contributed by atoms with E-state index >= 15 is 0 Å². The summed E-state index contributed by atoms with van der Waals surface area (Å²) in [6.45, 7) is 1.93. The molecule has 0 amide bonds. The molecular weight excluding hydrogens is 359 g/mol. The van der Waals surface area contributed by atoms with Gasteiger partial charge in [-0.25, -0.2) is 9.59 Å². The summed E-state index contributed by atoms with van der Waals surface area (Å²) in [4.78, 5) is 33.9. The summed E-state index contributed by atoms with van der Waals surface area (Å²) in [6.07, 6.45) is -7.04. The Morgan fingerprint density at radius 1 is 0.840 bits per heavy atom. The first-order valence-corrected chi connectivity index (χ1v) is 7.16. The Hall–Kier alpha value is -1.94. The van der Waals surface area contributed by atoms with Crippen molar-refractivity contribution in [3.8, 4) is 0 Å². The molecule has 0 aliphatic heterocycles. The number of alkyl halides is 5. The molecule has 0 atom stereocenters. The molecule has 0 aromatic rings. The molecule has 0 saturated heterocycles. The van der Waals surface area contributed by atoms with Crippen molar-refractivity contribution in [3.05, 3.63) is 0 Å². The van der Waals surface area contributed by atoms with Crippen molar-refractivity contribution in [3.63, 3.8) is 0 Å². The molecule has 0 rings (SSSR count). The molecule has 0 heterocycles. The number of carbonyl (C=O) groups excluding carboxylic acids is 3. The van der Waals surface area contributed by atoms with E-state index in [0.717, 1.165) is 0 Å². The number of esters is 3. The van der Waals surface area contributed by atoms with E-state index < -0.39 is 61.7 Å². The van der Waals surface area contributed by atoms with E-state index in [2.05, 4.69) is 14.2 Å². The van der Waals surface area contributed by atoms with E-state index in [-0.39, 0.29) is 0 Å². The highest BCUT2D eigenvalue weighted by atomic mass is 19.4. The summed E-state index contributed by atoms with van der Waals surface area (Å²) in [5, 5.41) is 0. The van der Waals surface area contributed by atoms with Crippen LogP contribution < -0.4 is 0 Å². The van der Waals surface area contributed by atoms with Crippen molar-refractivity contribution >= 4 is 17.9 Å². The van der Waals surface area contributed by atoms with Crippen LogP contribution in [0.4, 0.5) is 22.0 Å². The maximum Gasteiger partial charge on any atom is 0.453 e. The van der Waals surface area contributed by atoms with Crippen LogP contribution in [-0.2, 0) is 28.6 Å². The average molecular weight is 378 g/mol. The number of ether oxygens (including phenoxy) is 3. The van der Waals surface area contributed by atoms with E-state index in [1.165, 1.54) is 0 Å². The molecule has 0 N–H and O–H groups in total.